The van der Waals surface area contributed by atoms with Crippen molar-refractivity contribution in [1.82, 2.24) is 0 Å². The highest BCUT2D eigenvalue weighted by Gasteiger charge is 2.42. The number of aryl methyl sites for hydroxylation is 1. The fourth-order valence-corrected chi connectivity index (χ4v) is 4.98. The Morgan fingerprint density at radius 3 is 2.50 bits per heavy atom. The van der Waals surface area contributed by atoms with Crippen molar-refractivity contribution < 1.29 is 14.1 Å². The number of nitrogens with one attached hydrogen (secondary N) is 1. The van der Waals surface area contributed by atoms with Crippen molar-refractivity contribution >= 4 is 28.7 Å². The molecule has 0 spiro atoms. The number of piperazine rings is 1. The maximum Gasteiger partial charge on any atom is 0.269 e. The van der Waals surface area contributed by atoms with E-state index in [0.717, 1.165) is 23.5 Å². The Kier molecular flexibility index (Phi) is 5.65. The number of nitrogens with zero attached hydrogens (tertiary/aromatic N) is 3. The summed E-state index contributed by atoms with van der Waals surface area (Å²) in [4.78, 5) is 28.9. The third-order valence-electron chi connectivity index (χ3n) is 6.75. The van der Waals surface area contributed by atoms with E-state index >= 15 is 0 Å². The number of carbonyl (C=O) groups excluding carboxylic acids is 1. The molecule has 2 atom stereocenters. The number of hydrogen-bond acceptors (Lipinski definition) is 5. The van der Waals surface area contributed by atoms with Crippen molar-refractivity contribution in [2.24, 2.45) is 5.92 Å². The second-order valence-electron chi connectivity index (χ2n) is 8.92. The van der Waals surface area contributed by atoms with E-state index in [-0.39, 0.29) is 23.5 Å². The number of nitro benzene ring substituents is 1. The molecule has 0 bridgehead atoms. The van der Waals surface area contributed by atoms with Crippen molar-refractivity contribution in [3.05, 3.63) is 93.8 Å². The van der Waals surface area contributed by atoms with Gasteiger partial charge in [0.1, 0.15) is 5.82 Å². The van der Waals surface area contributed by atoms with Gasteiger partial charge in [0, 0.05) is 48.8 Å². The molecule has 2 aliphatic rings. The summed E-state index contributed by atoms with van der Waals surface area (Å²) in [5, 5.41) is 14.3. The van der Waals surface area contributed by atoms with E-state index in [1.165, 1.54) is 35.9 Å². The summed E-state index contributed by atoms with van der Waals surface area (Å²) in [7, 11) is 0. The summed E-state index contributed by atoms with van der Waals surface area (Å²) in [6, 6.07) is 18.8. The Hall–Kier alpha value is -3.94. The van der Waals surface area contributed by atoms with Gasteiger partial charge in [0.2, 0.25) is 5.91 Å². The maximum atomic E-state index is 13.4. The van der Waals surface area contributed by atoms with Crippen molar-refractivity contribution in [3.8, 4) is 0 Å². The van der Waals surface area contributed by atoms with E-state index < -0.39 is 10.8 Å². The van der Waals surface area contributed by atoms with Crippen molar-refractivity contribution in [3.63, 3.8) is 0 Å². The van der Waals surface area contributed by atoms with Gasteiger partial charge < -0.3 is 15.1 Å². The smallest absolute Gasteiger partial charge is 0.269 e. The lowest BCUT2D eigenvalue weighted by atomic mass is 9.83. The van der Waals surface area contributed by atoms with E-state index in [4.69, 9.17) is 0 Å². The van der Waals surface area contributed by atoms with Gasteiger partial charge in [0.15, 0.2) is 0 Å². The molecule has 3 aromatic carbocycles. The Balaban J connectivity index is 1.47. The van der Waals surface area contributed by atoms with Crippen LogP contribution in [0.2, 0.25) is 0 Å². The number of benzene rings is 3. The number of rotatable bonds is 4. The van der Waals surface area contributed by atoms with Gasteiger partial charge in [-0.05, 0) is 61.4 Å². The van der Waals surface area contributed by atoms with Crippen LogP contribution < -0.4 is 15.1 Å². The van der Waals surface area contributed by atoms with Crippen LogP contribution in [0.3, 0.4) is 0 Å². The minimum atomic E-state index is -0.423. The van der Waals surface area contributed by atoms with Crippen molar-refractivity contribution in [2.45, 2.75) is 19.4 Å². The van der Waals surface area contributed by atoms with Gasteiger partial charge in [-0.25, -0.2) is 4.39 Å². The molecular weight excluding hydrogens is 435 g/mol. The molecule has 0 saturated carbocycles. The molecule has 1 saturated heterocycles. The Bertz CT molecular complexity index is 1230. The second kappa shape index (κ2) is 8.78. The Morgan fingerprint density at radius 2 is 1.79 bits per heavy atom. The van der Waals surface area contributed by atoms with Gasteiger partial charge in [-0.15, -0.1) is 0 Å². The summed E-state index contributed by atoms with van der Waals surface area (Å²) in [6.45, 7) is 4.18. The summed E-state index contributed by atoms with van der Waals surface area (Å²) < 4.78 is 13.3. The number of fused-ring (bicyclic) bond motifs is 3. The van der Waals surface area contributed by atoms with Crippen LogP contribution in [0, 0.1) is 28.8 Å². The molecule has 8 heteroatoms. The van der Waals surface area contributed by atoms with Gasteiger partial charge in [0.25, 0.3) is 5.69 Å². The maximum absolute atomic E-state index is 13.4. The molecule has 0 radical (unpaired) electrons. The molecule has 7 nitrogen and oxygen atoms in total. The molecule has 3 aromatic rings. The van der Waals surface area contributed by atoms with Crippen LogP contribution in [0.5, 0.6) is 0 Å². The molecule has 174 valence electrons. The number of carbonyl (C=O) groups is 1. The monoisotopic (exact) mass is 460 g/mol. The van der Waals surface area contributed by atoms with Crippen LogP contribution in [0.1, 0.15) is 11.1 Å². The average molecular weight is 461 g/mol. The molecule has 2 aliphatic heterocycles. The molecule has 1 amide bonds. The lowest BCUT2D eigenvalue weighted by molar-refractivity contribution is -0.384. The lowest BCUT2D eigenvalue weighted by Crippen LogP contribution is -2.60. The summed E-state index contributed by atoms with van der Waals surface area (Å²) in [5.41, 5.74) is 4.59. The zero-order valence-corrected chi connectivity index (χ0v) is 18.8. The van der Waals surface area contributed by atoms with Crippen LogP contribution in [-0.4, -0.2) is 36.5 Å². The lowest BCUT2D eigenvalue weighted by Gasteiger charge is -2.49. The quantitative estimate of drug-likeness (QED) is 0.457. The fourth-order valence-electron chi connectivity index (χ4n) is 4.98. The van der Waals surface area contributed by atoms with Gasteiger partial charge in [-0.3, -0.25) is 14.9 Å². The Morgan fingerprint density at radius 1 is 1.06 bits per heavy atom. The minimum absolute atomic E-state index is 0.0215. The molecule has 0 aliphatic carbocycles. The highest BCUT2D eigenvalue weighted by molar-refractivity contribution is 5.94. The summed E-state index contributed by atoms with van der Waals surface area (Å²) >= 11 is 0. The van der Waals surface area contributed by atoms with E-state index in [1.54, 1.807) is 12.1 Å². The number of hydrogen-bond donors (Lipinski definition) is 1. The minimum Gasteiger partial charge on any atom is -0.368 e. The number of halogens is 1. The molecular formula is C26H25FN4O3. The van der Waals surface area contributed by atoms with Gasteiger partial charge in [-0.2, -0.15) is 0 Å². The number of amides is 1. The zero-order chi connectivity index (χ0) is 23.8. The first-order valence-corrected chi connectivity index (χ1v) is 11.3. The van der Waals surface area contributed by atoms with Crippen LogP contribution in [-0.2, 0) is 11.2 Å². The van der Waals surface area contributed by atoms with Gasteiger partial charge in [-0.1, -0.05) is 17.7 Å². The highest BCUT2D eigenvalue weighted by atomic mass is 19.1. The first-order valence-electron chi connectivity index (χ1n) is 11.3. The summed E-state index contributed by atoms with van der Waals surface area (Å²) in [5.74, 6) is -0.971. The van der Waals surface area contributed by atoms with Crippen LogP contribution in [0.4, 0.5) is 27.1 Å². The van der Waals surface area contributed by atoms with Crippen LogP contribution in [0.15, 0.2) is 66.7 Å². The van der Waals surface area contributed by atoms with Crippen LogP contribution in [0.25, 0.3) is 0 Å². The molecule has 2 heterocycles. The zero-order valence-electron chi connectivity index (χ0n) is 18.8. The van der Waals surface area contributed by atoms with Crippen molar-refractivity contribution in [1.29, 1.82) is 0 Å². The predicted molar refractivity (Wildman–Crippen MR) is 130 cm³/mol. The SMILES string of the molecule is Cc1ccc(N2CCN3c4ccc([N+](=O)[O-])cc4CC(C(=O)Nc4ccc(F)cc4)C3C2)cc1. The average Bonchev–Trinajstić information content (AvgIpc) is 2.84. The fraction of sp³-hybridized carbons (Fsp3) is 0.269. The third kappa shape index (κ3) is 4.19. The van der Waals surface area contributed by atoms with E-state index in [2.05, 4.69) is 46.3 Å². The number of anilines is 3. The third-order valence-corrected chi connectivity index (χ3v) is 6.75. The van der Waals surface area contributed by atoms with Crippen LogP contribution >= 0.6 is 0 Å². The topological polar surface area (TPSA) is 78.7 Å². The largest absolute Gasteiger partial charge is 0.368 e. The first kappa shape index (κ1) is 21.9. The molecule has 5 rings (SSSR count). The predicted octanol–water partition coefficient (Wildman–Crippen LogP) is 4.55. The van der Waals surface area contributed by atoms with E-state index in [1.807, 2.05) is 0 Å². The molecule has 0 aromatic heterocycles. The number of nitro groups is 1. The number of non-ortho nitro benzene ring substituents is 1. The second-order valence-corrected chi connectivity index (χ2v) is 8.92. The normalized spacial score (nSPS) is 19.2. The molecule has 1 N–H and O–H groups in total. The van der Waals surface area contributed by atoms with Gasteiger partial charge in [0.05, 0.1) is 16.9 Å². The Labute approximate surface area is 197 Å². The van der Waals surface area contributed by atoms with E-state index in [9.17, 15) is 19.3 Å². The van der Waals surface area contributed by atoms with E-state index in [0.29, 0.717) is 25.2 Å². The molecule has 34 heavy (non-hydrogen) atoms. The molecule has 2 unspecified atom stereocenters. The van der Waals surface area contributed by atoms with Crippen molar-refractivity contribution in [2.75, 3.05) is 34.8 Å². The summed E-state index contributed by atoms with van der Waals surface area (Å²) in [6.07, 6.45) is 0.396. The molecule has 1 fully saturated rings. The van der Waals surface area contributed by atoms with Gasteiger partial charge >= 0.3 is 0 Å². The standard InChI is InChI=1S/C26H25FN4O3/c1-17-2-8-21(9-3-17)29-12-13-30-24-11-10-22(31(33)34)14-18(24)15-23(25(30)16-29)26(32)28-20-6-4-19(27)5-7-20/h2-11,14,23,25H,12-13,15-16H2,1H3,(H,28,32). The highest BCUT2D eigenvalue weighted by Crippen LogP contribution is 2.39. The first-order chi connectivity index (χ1) is 16.4.